The van der Waals surface area contributed by atoms with Gasteiger partial charge in [0, 0.05) is 17.9 Å². The van der Waals surface area contributed by atoms with Gasteiger partial charge >= 0.3 is 6.18 Å². The number of alkyl halides is 3. The normalized spacial score (nSPS) is 17.8. The minimum absolute atomic E-state index is 0.0281. The summed E-state index contributed by atoms with van der Waals surface area (Å²) in [5, 5.41) is 11.8. The van der Waals surface area contributed by atoms with E-state index in [1.807, 2.05) is 13.8 Å². The molecule has 2 unspecified atom stereocenters. The van der Waals surface area contributed by atoms with E-state index >= 15 is 0 Å². The SMILES string of the molecule is CCOc1cc(C(F)(F)F)ccc1C(=O)NC1CCCC1c1ccc(S(=O)(=O)Nc2nnc(C(C)C)s2)cc1. The zero-order chi connectivity index (χ0) is 28.4. The Morgan fingerprint density at radius 2 is 1.85 bits per heavy atom. The van der Waals surface area contributed by atoms with E-state index in [1.165, 1.54) is 23.5 Å². The van der Waals surface area contributed by atoms with Gasteiger partial charge in [-0.15, -0.1) is 10.2 Å². The van der Waals surface area contributed by atoms with Crippen molar-refractivity contribution < 1.29 is 31.1 Å². The number of rotatable bonds is 9. The van der Waals surface area contributed by atoms with Gasteiger partial charge < -0.3 is 10.1 Å². The van der Waals surface area contributed by atoms with Gasteiger partial charge in [-0.05, 0) is 55.7 Å². The molecule has 1 saturated carbocycles. The highest BCUT2D eigenvalue weighted by molar-refractivity contribution is 7.93. The Kier molecular flexibility index (Phi) is 8.50. The highest BCUT2D eigenvalue weighted by Gasteiger charge is 2.34. The maximum absolute atomic E-state index is 13.1. The second-order valence-corrected chi connectivity index (χ2v) is 12.2. The van der Waals surface area contributed by atoms with Gasteiger partial charge in [0.05, 0.1) is 22.6 Å². The lowest BCUT2D eigenvalue weighted by Gasteiger charge is -2.22. The van der Waals surface area contributed by atoms with Crippen LogP contribution in [0.15, 0.2) is 47.4 Å². The molecular weight excluding hydrogens is 553 g/mol. The highest BCUT2D eigenvalue weighted by Crippen LogP contribution is 2.37. The second kappa shape index (κ2) is 11.5. The first-order chi connectivity index (χ1) is 18.4. The van der Waals surface area contributed by atoms with Crippen LogP contribution < -0.4 is 14.8 Å². The number of halogens is 3. The van der Waals surface area contributed by atoms with E-state index in [9.17, 15) is 26.4 Å². The Morgan fingerprint density at radius 3 is 2.46 bits per heavy atom. The molecule has 2 N–H and O–H groups in total. The summed E-state index contributed by atoms with van der Waals surface area (Å²) >= 11 is 1.18. The number of nitrogens with one attached hydrogen (secondary N) is 2. The summed E-state index contributed by atoms with van der Waals surface area (Å²) < 4.78 is 72.9. The third-order valence-corrected chi connectivity index (χ3v) is 9.08. The Morgan fingerprint density at radius 1 is 1.13 bits per heavy atom. The molecule has 3 aromatic rings. The molecule has 1 amide bonds. The van der Waals surface area contributed by atoms with E-state index in [4.69, 9.17) is 4.74 Å². The standard InChI is InChI=1S/C26H29F3N4O4S2/c1-4-37-22-14-17(26(27,28)29)10-13-20(22)23(34)30-21-7-5-6-19(21)16-8-11-18(12-9-16)39(35,36)33-25-32-31-24(38-25)15(2)3/h8-15,19,21H,4-7H2,1-3H3,(H,30,34)(H,32,33). The number of hydrogen-bond acceptors (Lipinski definition) is 7. The summed E-state index contributed by atoms with van der Waals surface area (Å²) in [5.74, 6) is -0.604. The molecule has 1 aliphatic rings. The predicted octanol–water partition coefficient (Wildman–Crippen LogP) is 5.95. The smallest absolute Gasteiger partial charge is 0.416 e. The molecular formula is C26H29F3N4O4S2. The van der Waals surface area contributed by atoms with E-state index in [0.29, 0.717) is 6.42 Å². The second-order valence-electron chi connectivity index (χ2n) is 9.53. The van der Waals surface area contributed by atoms with Crippen LogP contribution in [0.25, 0.3) is 0 Å². The lowest BCUT2D eigenvalue weighted by molar-refractivity contribution is -0.137. The van der Waals surface area contributed by atoms with Crippen molar-refractivity contribution in [3.63, 3.8) is 0 Å². The fourth-order valence-corrected chi connectivity index (χ4v) is 6.49. The van der Waals surface area contributed by atoms with Gasteiger partial charge in [0.15, 0.2) is 0 Å². The molecule has 8 nitrogen and oxygen atoms in total. The topological polar surface area (TPSA) is 110 Å². The van der Waals surface area contributed by atoms with Crippen LogP contribution in [-0.4, -0.2) is 37.2 Å². The number of benzene rings is 2. The van der Waals surface area contributed by atoms with Gasteiger partial charge in [-0.3, -0.25) is 9.52 Å². The number of ether oxygens (including phenoxy) is 1. The van der Waals surface area contributed by atoms with Crippen LogP contribution in [0, 0.1) is 0 Å². The molecule has 0 saturated heterocycles. The molecule has 2 aromatic carbocycles. The zero-order valence-corrected chi connectivity index (χ0v) is 23.2. The van der Waals surface area contributed by atoms with E-state index in [1.54, 1.807) is 19.1 Å². The Balaban J connectivity index is 1.48. The number of amides is 1. The van der Waals surface area contributed by atoms with Crippen LogP contribution in [0.2, 0.25) is 0 Å². The van der Waals surface area contributed by atoms with Crippen molar-refractivity contribution in [2.75, 3.05) is 11.3 Å². The number of hydrogen-bond donors (Lipinski definition) is 2. The number of nitrogens with zero attached hydrogens (tertiary/aromatic N) is 2. The lowest BCUT2D eigenvalue weighted by atomic mass is 9.94. The van der Waals surface area contributed by atoms with Crippen molar-refractivity contribution in [2.24, 2.45) is 0 Å². The van der Waals surface area contributed by atoms with Crippen LogP contribution in [0.5, 0.6) is 5.75 Å². The highest BCUT2D eigenvalue weighted by atomic mass is 32.2. The first-order valence-electron chi connectivity index (χ1n) is 12.5. The minimum Gasteiger partial charge on any atom is -0.493 e. The van der Waals surface area contributed by atoms with Crippen molar-refractivity contribution in [1.82, 2.24) is 15.5 Å². The van der Waals surface area contributed by atoms with Crippen LogP contribution in [-0.2, 0) is 16.2 Å². The van der Waals surface area contributed by atoms with Crippen molar-refractivity contribution in [3.8, 4) is 5.75 Å². The molecule has 1 aliphatic carbocycles. The largest absolute Gasteiger partial charge is 0.493 e. The first kappa shape index (κ1) is 28.8. The summed E-state index contributed by atoms with van der Waals surface area (Å²) in [4.78, 5) is 13.1. The fraction of sp³-hybridized carbons (Fsp3) is 0.423. The number of anilines is 1. The van der Waals surface area contributed by atoms with Crippen molar-refractivity contribution in [1.29, 1.82) is 0 Å². The van der Waals surface area contributed by atoms with E-state index in [0.717, 1.165) is 41.6 Å². The molecule has 0 spiro atoms. The number of sulfonamides is 1. The van der Waals surface area contributed by atoms with Crippen LogP contribution >= 0.6 is 11.3 Å². The average Bonchev–Trinajstić information content (AvgIpc) is 3.53. The summed E-state index contributed by atoms with van der Waals surface area (Å²) in [6, 6.07) is 8.99. The van der Waals surface area contributed by atoms with Crippen molar-refractivity contribution in [2.45, 2.75) is 69.0 Å². The van der Waals surface area contributed by atoms with Gasteiger partial charge in [0.2, 0.25) is 5.13 Å². The van der Waals surface area contributed by atoms with Gasteiger partial charge in [-0.2, -0.15) is 13.2 Å². The number of aromatic nitrogens is 2. The Hall–Kier alpha value is -3.19. The molecule has 2 atom stereocenters. The maximum Gasteiger partial charge on any atom is 0.416 e. The molecule has 210 valence electrons. The van der Waals surface area contributed by atoms with Gasteiger partial charge in [0.1, 0.15) is 10.8 Å². The summed E-state index contributed by atoms with van der Waals surface area (Å²) in [7, 11) is -3.86. The summed E-state index contributed by atoms with van der Waals surface area (Å²) in [6.45, 7) is 5.62. The lowest BCUT2D eigenvalue weighted by Crippen LogP contribution is -2.36. The average molecular weight is 583 g/mol. The summed E-state index contributed by atoms with van der Waals surface area (Å²) in [6.07, 6.45) is -2.28. The molecule has 13 heteroatoms. The van der Waals surface area contributed by atoms with Crippen LogP contribution in [0.1, 0.15) is 78.4 Å². The first-order valence-corrected chi connectivity index (χ1v) is 14.8. The molecule has 4 rings (SSSR count). The third kappa shape index (κ3) is 6.70. The molecule has 39 heavy (non-hydrogen) atoms. The van der Waals surface area contributed by atoms with Crippen LogP contribution in [0.3, 0.4) is 0 Å². The summed E-state index contributed by atoms with van der Waals surface area (Å²) in [5.41, 5.74) is -0.00946. The van der Waals surface area contributed by atoms with E-state index in [2.05, 4.69) is 20.2 Å². The molecule has 1 heterocycles. The fourth-order valence-electron chi connectivity index (χ4n) is 4.52. The van der Waals surface area contributed by atoms with E-state index in [-0.39, 0.29) is 45.8 Å². The molecule has 0 radical (unpaired) electrons. The Labute approximate surface area is 229 Å². The molecule has 0 aliphatic heterocycles. The maximum atomic E-state index is 13.1. The van der Waals surface area contributed by atoms with Gasteiger partial charge in [0.25, 0.3) is 15.9 Å². The Bertz CT molecular complexity index is 1420. The predicted molar refractivity (Wildman–Crippen MR) is 142 cm³/mol. The molecule has 0 bridgehead atoms. The minimum atomic E-state index is -4.55. The van der Waals surface area contributed by atoms with Gasteiger partial charge in [-0.25, -0.2) is 8.42 Å². The quantitative estimate of drug-likeness (QED) is 0.323. The molecule has 1 aromatic heterocycles. The zero-order valence-electron chi connectivity index (χ0n) is 21.6. The molecule has 1 fully saturated rings. The van der Waals surface area contributed by atoms with Crippen LogP contribution in [0.4, 0.5) is 18.3 Å². The number of carbonyl (C=O) groups excluding carboxylic acids is 1. The van der Waals surface area contributed by atoms with Crippen molar-refractivity contribution in [3.05, 3.63) is 64.2 Å². The van der Waals surface area contributed by atoms with E-state index < -0.39 is 27.7 Å². The monoisotopic (exact) mass is 582 g/mol. The number of carbonyl (C=O) groups is 1. The van der Waals surface area contributed by atoms with Crippen molar-refractivity contribution >= 4 is 32.4 Å². The van der Waals surface area contributed by atoms with Gasteiger partial charge in [-0.1, -0.05) is 43.7 Å². The third-order valence-electron chi connectivity index (χ3n) is 6.46.